The summed E-state index contributed by atoms with van der Waals surface area (Å²) in [6.07, 6.45) is -1.03. The average molecular weight is 503 g/mol. The van der Waals surface area contributed by atoms with Crippen molar-refractivity contribution in [2.75, 3.05) is 13.2 Å². The number of esters is 1. The summed E-state index contributed by atoms with van der Waals surface area (Å²) in [7, 11) is 0. The second-order valence-electron chi connectivity index (χ2n) is 10.2. The smallest absolute Gasteiger partial charge is 0.306 e. The number of fused-ring (bicyclic) bond motifs is 1. The summed E-state index contributed by atoms with van der Waals surface area (Å²) in [5.41, 5.74) is 0.330. The Hall–Kier alpha value is -3.03. The fraction of sp³-hybridized carbons (Fsp3) is 0.387. The second kappa shape index (κ2) is 10.0. The van der Waals surface area contributed by atoms with Crippen LogP contribution < -0.4 is 0 Å². The summed E-state index contributed by atoms with van der Waals surface area (Å²) in [5, 5.41) is 12.1. The van der Waals surface area contributed by atoms with Gasteiger partial charge in [-0.3, -0.25) is 4.79 Å². The first-order valence-electron chi connectivity index (χ1n) is 12.8. The molecule has 0 amide bonds. The van der Waals surface area contributed by atoms with Crippen molar-refractivity contribution < 1.29 is 28.8 Å². The van der Waals surface area contributed by atoms with Gasteiger partial charge in [-0.1, -0.05) is 91.0 Å². The van der Waals surface area contributed by atoms with Gasteiger partial charge < -0.3 is 24.1 Å². The van der Waals surface area contributed by atoms with Crippen LogP contribution in [0.1, 0.15) is 43.9 Å². The van der Waals surface area contributed by atoms with Crippen LogP contribution >= 0.6 is 0 Å². The van der Waals surface area contributed by atoms with Crippen molar-refractivity contribution >= 4 is 5.97 Å². The number of ether oxygens (including phenoxy) is 4. The molecule has 1 saturated carbocycles. The van der Waals surface area contributed by atoms with Gasteiger partial charge in [-0.25, -0.2) is 0 Å². The molecule has 6 heteroatoms. The van der Waals surface area contributed by atoms with E-state index in [9.17, 15) is 9.90 Å². The zero-order valence-corrected chi connectivity index (χ0v) is 21.5. The van der Waals surface area contributed by atoms with E-state index in [1.807, 2.05) is 105 Å². The summed E-state index contributed by atoms with van der Waals surface area (Å²) in [5.74, 6) is -1.78. The van der Waals surface area contributed by atoms with E-state index in [1.54, 1.807) is 6.92 Å². The predicted molar refractivity (Wildman–Crippen MR) is 139 cm³/mol. The maximum Gasteiger partial charge on any atom is 0.306 e. The van der Waals surface area contributed by atoms with Crippen LogP contribution in [0.3, 0.4) is 0 Å². The molecule has 3 aromatic carbocycles. The topological polar surface area (TPSA) is 74.2 Å². The van der Waals surface area contributed by atoms with Crippen LogP contribution in [-0.4, -0.2) is 47.9 Å². The molecule has 6 nitrogen and oxygen atoms in total. The highest BCUT2D eigenvalue weighted by atomic mass is 16.8. The maximum absolute atomic E-state index is 12.5. The van der Waals surface area contributed by atoms with Crippen molar-refractivity contribution in [3.05, 3.63) is 108 Å². The Balaban J connectivity index is 1.56. The van der Waals surface area contributed by atoms with E-state index >= 15 is 0 Å². The van der Waals surface area contributed by atoms with Gasteiger partial charge in [0.2, 0.25) is 0 Å². The average Bonchev–Trinajstić information content (AvgIpc) is 3.22. The molecule has 2 aliphatic rings. The van der Waals surface area contributed by atoms with Gasteiger partial charge in [-0.2, -0.15) is 0 Å². The molecule has 0 radical (unpaired) electrons. The Morgan fingerprint density at radius 1 is 0.865 bits per heavy atom. The standard InChI is InChI=1S/C31H34O6/c1-4-34-26(32)20-25-27-28(37-29(2,3)36-27)30(25,33)21-35-31(22-14-8-5-9-15-22,23-16-10-6-11-17-23)24-18-12-7-13-19-24/h5-19,25,27-28,33H,4,20-21H2,1-3H3/t25-,27+,28+,30-/m0/s1. The van der Waals surface area contributed by atoms with Gasteiger partial charge in [0.25, 0.3) is 0 Å². The molecule has 1 heterocycles. The molecule has 0 spiro atoms. The molecule has 194 valence electrons. The molecule has 4 atom stereocenters. The minimum atomic E-state index is -1.45. The Labute approximate surface area is 218 Å². The molecule has 1 aliphatic heterocycles. The van der Waals surface area contributed by atoms with Crippen LogP contribution in [0.5, 0.6) is 0 Å². The quantitative estimate of drug-likeness (QED) is 0.334. The zero-order valence-electron chi connectivity index (χ0n) is 21.5. The van der Waals surface area contributed by atoms with Crippen molar-refractivity contribution in [2.45, 2.75) is 56.4 Å². The summed E-state index contributed by atoms with van der Waals surface area (Å²) in [4.78, 5) is 12.5. The number of rotatable bonds is 9. The Morgan fingerprint density at radius 3 is 1.81 bits per heavy atom. The lowest BCUT2D eigenvalue weighted by Crippen LogP contribution is -2.71. The van der Waals surface area contributed by atoms with Crippen molar-refractivity contribution in [3.8, 4) is 0 Å². The predicted octanol–water partition coefficient (Wildman–Crippen LogP) is 4.83. The number of carbonyl (C=O) groups excluding carboxylic acids is 1. The van der Waals surface area contributed by atoms with E-state index in [4.69, 9.17) is 18.9 Å². The molecule has 3 aromatic rings. The van der Waals surface area contributed by atoms with Crippen LogP contribution in [0.25, 0.3) is 0 Å². The van der Waals surface area contributed by atoms with Gasteiger partial charge in [0.1, 0.15) is 17.3 Å². The highest BCUT2D eigenvalue weighted by Crippen LogP contribution is 2.53. The van der Waals surface area contributed by atoms with Crippen molar-refractivity contribution in [3.63, 3.8) is 0 Å². The molecule has 5 rings (SSSR count). The minimum absolute atomic E-state index is 0.0172. The minimum Gasteiger partial charge on any atom is -0.466 e. The first kappa shape index (κ1) is 25.6. The molecule has 1 N–H and O–H groups in total. The van der Waals surface area contributed by atoms with Gasteiger partial charge in [0, 0.05) is 5.92 Å². The molecule has 1 aliphatic carbocycles. The van der Waals surface area contributed by atoms with Crippen molar-refractivity contribution in [1.29, 1.82) is 0 Å². The lowest BCUT2D eigenvalue weighted by atomic mass is 9.63. The number of benzene rings is 3. The highest BCUT2D eigenvalue weighted by Gasteiger charge is 2.69. The fourth-order valence-electron chi connectivity index (χ4n) is 5.72. The zero-order chi connectivity index (χ0) is 26.1. The number of aliphatic hydroxyl groups is 1. The number of hydrogen-bond donors (Lipinski definition) is 1. The van der Waals surface area contributed by atoms with Crippen LogP contribution in [-0.2, 0) is 29.3 Å². The van der Waals surface area contributed by atoms with E-state index < -0.39 is 35.1 Å². The van der Waals surface area contributed by atoms with Gasteiger partial charge in [0.15, 0.2) is 5.79 Å². The highest BCUT2D eigenvalue weighted by molar-refractivity contribution is 5.70. The van der Waals surface area contributed by atoms with Gasteiger partial charge in [-0.05, 0) is 37.5 Å². The molecule has 1 saturated heterocycles. The summed E-state index contributed by atoms with van der Waals surface area (Å²) in [6.45, 7) is 5.60. The lowest BCUT2D eigenvalue weighted by molar-refractivity contribution is -0.251. The third-order valence-corrected chi connectivity index (χ3v) is 7.41. The second-order valence-corrected chi connectivity index (χ2v) is 10.2. The third kappa shape index (κ3) is 4.59. The number of hydrogen-bond acceptors (Lipinski definition) is 6. The molecule has 0 bridgehead atoms. The Morgan fingerprint density at radius 2 is 1.35 bits per heavy atom. The summed E-state index contributed by atoms with van der Waals surface area (Å²) in [6, 6.07) is 30.0. The van der Waals surface area contributed by atoms with Gasteiger partial charge >= 0.3 is 5.97 Å². The van der Waals surface area contributed by atoms with E-state index in [0.717, 1.165) is 16.7 Å². The summed E-state index contributed by atoms with van der Waals surface area (Å²) < 4.78 is 24.3. The Kier molecular flexibility index (Phi) is 6.94. The summed E-state index contributed by atoms with van der Waals surface area (Å²) >= 11 is 0. The molecular formula is C31H34O6. The maximum atomic E-state index is 12.5. The van der Waals surface area contributed by atoms with E-state index in [0.29, 0.717) is 0 Å². The van der Waals surface area contributed by atoms with E-state index in [1.165, 1.54) is 0 Å². The van der Waals surface area contributed by atoms with E-state index in [2.05, 4.69) is 0 Å². The largest absolute Gasteiger partial charge is 0.466 e. The van der Waals surface area contributed by atoms with Crippen molar-refractivity contribution in [2.24, 2.45) is 5.92 Å². The van der Waals surface area contributed by atoms with Crippen molar-refractivity contribution in [1.82, 2.24) is 0 Å². The molecule has 0 aromatic heterocycles. The normalized spacial score (nSPS) is 26.2. The molecule has 37 heavy (non-hydrogen) atoms. The van der Waals surface area contributed by atoms with Crippen LogP contribution in [0.4, 0.5) is 0 Å². The number of carbonyl (C=O) groups is 1. The van der Waals surface area contributed by atoms with Crippen LogP contribution in [0.2, 0.25) is 0 Å². The lowest BCUT2D eigenvalue weighted by Gasteiger charge is -2.53. The van der Waals surface area contributed by atoms with Crippen LogP contribution in [0, 0.1) is 5.92 Å². The SMILES string of the molecule is CCOC(=O)C[C@H]1[C@H]2OC(C)(C)O[C@H]2[C@]1(O)COC(c1ccccc1)(c1ccccc1)c1ccccc1. The monoisotopic (exact) mass is 502 g/mol. The van der Waals surface area contributed by atoms with Gasteiger partial charge in [0.05, 0.1) is 25.7 Å². The molecule has 0 unspecified atom stereocenters. The van der Waals surface area contributed by atoms with E-state index in [-0.39, 0.29) is 25.6 Å². The first-order chi connectivity index (χ1) is 17.8. The van der Waals surface area contributed by atoms with Crippen LogP contribution in [0.15, 0.2) is 91.0 Å². The Bertz CT molecular complexity index is 1100. The third-order valence-electron chi connectivity index (χ3n) is 7.41. The molecular weight excluding hydrogens is 468 g/mol. The van der Waals surface area contributed by atoms with Gasteiger partial charge in [-0.15, -0.1) is 0 Å². The first-order valence-corrected chi connectivity index (χ1v) is 12.8. The fourth-order valence-corrected chi connectivity index (χ4v) is 5.72. The molecule has 2 fully saturated rings.